The molecule has 0 saturated carbocycles. The van der Waals surface area contributed by atoms with Crippen molar-refractivity contribution in [2.45, 2.75) is 25.7 Å². The molecule has 5 nitrogen and oxygen atoms in total. The van der Waals surface area contributed by atoms with Crippen LogP contribution in [0, 0.1) is 5.82 Å². The van der Waals surface area contributed by atoms with Crippen LogP contribution >= 0.6 is 0 Å². The summed E-state index contributed by atoms with van der Waals surface area (Å²) in [6, 6.07) is 5.84. The number of aromatic nitrogens is 2. The van der Waals surface area contributed by atoms with Crippen LogP contribution in [0.5, 0.6) is 0 Å². The van der Waals surface area contributed by atoms with Gasteiger partial charge in [0.05, 0.1) is 17.5 Å². The molecular weight excluding hydrogens is 378 g/mol. The number of alkyl halides is 3. The second kappa shape index (κ2) is 6.90. The number of nitrogens with one attached hydrogen (secondary N) is 1. The maximum absolute atomic E-state index is 13.6. The molecule has 4 rings (SSSR count). The second-order valence-corrected chi connectivity index (χ2v) is 6.62. The molecule has 146 valence electrons. The highest BCUT2D eigenvalue weighted by atomic mass is 19.4. The van der Waals surface area contributed by atoms with E-state index < -0.39 is 17.6 Å². The maximum atomic E-state index is 13.6. The van der Waals surface area contributed by atoms with Gasteiger partial charge >= 0.3 is 6.18 Å². The molecule has 0 amide bonds. The summed E-state index contributed by atoms with van der Waals surface area (Å²) in [6.07, 6.45) is -2.75. The summed E-state index contributed by atoms with van der Waals surface area (Å²) in [5.41, 5.74) is 0.0123. The van der Waals surface area contributed by atoms with Crippen LogP contribution in [0.4, 0.5) is 17.6 Å². The van der Waals surface area contributed by atoms with Gasteiger partial charge in [0.25, 0.3) is 5.56 Å². The van der Waals surface area contributed by atoms with E-state index in [1.165, 1.54) is 6.26 Å². The summed E-state index contributed by atoms with van der Waals surface area (Å²) >= 11 is 0. The van der Waals surface area contributed by atoms with E-state index in [2.05, 4.69) is 9.97 Å². The van der Waals surface area contributed by atoms with E-state index in [4.69, 9.17) is 4.42 Å². The van der Waals surface area contributed by atoms with Crippen molar-refractivity contribution >= 4 is 0 Å². The Bertz CT molecular complexity index is 1060. The number of benzene rings is 1. The monoisotopic (exact) mass is 393 g/mol. The van der Waals surface area contributed by atoms with Crippen molar-refractivity contribution in [3.8, 4) is 11.6 Å². The molecular formula is C19H15F4N3O2. The van der Waals surface area contributed by atoms with E-state index in [0.29, 0.717) is 41.9 Å². The first kappa shape index (κ1) is 18.4. The summed E-state index contributed by atoms with van der Waals surface area (Å²) < 4.78 is 57.6. The van der Waals surface area contributed by atoms with E-state index in [9.17, 15) is 22.4 Å². The van der Waals surface area contributed by atoms with Crippen LogP contribution in [0.3, 0.4) is 0 Å². The molecule has 0 fully saturated rings. The number of hydrogen-bond acceptors (Lipinski definition) is 4. The van der Waals surface area contributed by atoms with Crippen molar-refractivity contribution in [3.63, 3.8) is 0 Å². The first-order valence-electron chi connectivity index (χ1n) is 8.54. The van der Waals surface area contributed by atoms with Crippen molar-refractivity contribution < 1.29 is 22.0 Å². The molecule has 2 aromatic heterocycles. The molecule has 1 aliphatic rings. The smallest absolute Gasteiger partial charge is 0.416 e. The highest BCUT2D eigenvalue weighted by Gasteiger charge is 2.31. The van der Waals surface area contributed by atoms with Gasteiger partial charge in [0, 0.05) is 25.2 Å². The lowest BCUT2D eigenvalue weighted by Gasteiger charge is -2.27. The fourth-order valence-electron chi connectivity index (χ4n) is 3.32. The predicted molar refractivity (Wildman–Crippen MR) is 91.8 cm³/mol. The van der Waals surface area contributed by atoms with Gasteiger partial charge in [-0.3, -0.25) is 9.69 Å². The quantitative estimate of drug-likeness (QED) is 0.689. The van der Waals surface area contributed by atoms with Gasteiger partial charge in [-0.1, -0.05) is 0 Å². The molecule has 3 heterocycles. The van der Waals surface area contributed by atoms with Gasteiger partial charge in [-0.25, -0.2) is 9.37 Å². The maximum Gasteiger partial charge on any atom is 0.416 e. The number of rotatable bonds is 3. The summed E-state index contributed by atoms with van der Waals surface area (Å²) in [5, 5.41) is 0. The van der Waals surface area contributed by atoms with E-state index in [-0.39, 0.29) is 24.2 Å². The average molecular weight is 393 g/mol. The Hall–Kier alpha value is -2.94. The standard InChI is InChI=1S/C19H15F4N3O2/c20-13-7-11(6-12(8-13)19(21,22)23)9-26-4-3-14-15(10-26)24-17(25-18(14)27)16-2-1-5-28-16/h1-2,5-8H,3-4,9-10H2,(H,24,25,27). The van der Waals surface area contributed by atoms with Gasteiger partial charge in [0.15, 0.2) is 11.6 Å². The van der Waals surface area contributed by atoms with Gasteiger partial charge < -0.3 is 9.40 Å². The van der Waals surface area contributed by atoms with E-state index in [0.717, 1.165) is 12.1 Å². The van der Waals surface area contributed by atoms with Crippen LogP contribution in [0.1, 0.15) is 22.4 Å². The number of hydrogen-bond donors (Lipinski definition) is 1. The highest BCUT2D eigenvalue weighted by Crippen LogP contribution is 2.31. The second-order valence-electron chi connectivity index (χ2n) is 6.62. The van der Waals surface area contributed by atoms with Gasteiger partial charge in [-0.15, -0.1) is 0 Å². The van der Waals surface area contributed by atoms with Crippen LogP contribution in [0.2, 0.25) is 0 Å². The van der Waals surface area contributed by atoms with Crippen molar-refractivity contribution in [2.75, 3.05) is 6.54 Å². The molecule has 0 saturated heterocycles. The lowest BCUT2D eigenvalue weighted by Crippen LogP contribution is -2.35. The number of aromatic amines is 1. The lowest BCUT2D eigenvalue weighted by atomic mass is 10.0. The molecule has 9 heteroatoms. The topological polar surface area (TPSA) is 62.1 Å². The van der Waals surface area contributed by atoms with E-state index in [1.807, 2.05) is 4.90 Å². The summed E-state index contributed by atoms with van der Waals surface area (Å²) in [6.45, 7) is 0.839. The zero-order chi connectivity index (χ0) is 19.9. The summed E-state index contributed by atoms with van der Waals surface area (Å²) in [5.74, 6) is -0.227. The zero-order valence-corrected chi connectivity index (χ0v) is 14.5. The Balaban J connectivity index is 1.59. The molecule has 0 bridgehead atoms. The third kappa shape index (κ3) is 3.70. The molecule has 0 unspecified atom stereocenters. The van der Waals surface area contributed by atoms with Crippen molar-refractivity contribution in [1.82, 2.24) is 14.9 Å². The van der Waals surface area contributed by atoms with Gasteiger partial charge in [-0.2, -0.15) is 13.2 Å². The SMILES string of the molecule is O=c1[nH]c(-c2ccco2)nc2c1CCN(Cc1cc(F)cc(C(F)(F)F)c1)C2. The van der Waals surface area contributed by atoms with E-state index in [1.54, 1.807) is 12.1 Å². The third-order valence-corrected chi connectivity index (χ3v) is 4.60. The van der Waals surface area contributed by atoms with Crippen molar-refractivity contribution in [1.29, 1.82) is 0 Å². The van der Waals surface area contributed by atoms with Crippen LogP contribution < -0.4 is 5.56 Å². The Labute approximate surface area is 156 Å². The fourth-order valence-corrected chi connectivity index (χ4v) is 3.32. The normalized spacial score (nSPS) is 14.9. The minimum atomic E-state index is -4.61. The highest BCUT2D eigenvalue weighted by molar-refractivity contribution is 5.47. The molecule has 28 heavy (non-hydrogen) atoms. The lowest BCUT2D eigenvalue weighted by molar-refractivity contribution is -0.137. The van der Waals surface area contributed by atoms with Crippen LogP contribution in [-0.2, 0) is 25.7 Å². The Morgan fingerprint density at radius 2 is 2.07 bits per heavy atom. The molecule has 0 spiro atoms. The first-order valence-corrected chi connectivity index (χ1v) is 8.54. The third-order valence-electron chi connectivity index (χ3n) is 4.60. The molecule has 1 N–H and O–H groups in total. The molecule has 1 aliphatic heterocycles. The van der Waals surface area contributed by atoms with Crippen LogP contribution in [-0.4, -0.2) is 21.4 Å². The zero-order valence-electron chi connectivity index (χ0n) is 14.5. The molecule has 0 aliphatic carbocycles. The molecule has 0 radical (unpaired) electrons. The first-order chi connectivity index (χ1) is 13.3. The average Bonchev–Trinajstić information content (AvgIpc) is 3.15. The molecule has 1 aromatic carbocycles. The van der Waals surface area contributed by atoms with Crippen LogP contribution in [0.25, 0.3) is 11.6 Å². The minimum absolute atomic E-state index is 0.116. The van der Waals surface area contributed by atoms with Crippen molar-refractivity contribution in [3.05, 3.63) is 75.2 Å². The molecule has 0 atom stereocenters. The van der Waals surface area contributed by atoms with E-state index >= 15 is 0 Å². The van der Waals surface area contributed by atoms with Gasteiger partial charge in [0.1, 0.15) is 5.82 Å². The summed E-state index contributed by atoms with van der Waals surface area (Å²) in [7, 11) is 0. The number of nitrogens with zero attached hydrogens (tertiary/aromatic N) is 2. The number of halogens is 4. The number of fused-ring (bicyclic) bond motifs is 1. The largest absolute Gasteiger partial charge is 0.461 e. The van der Waals surface area contributed by atoms with Gasteiger partial charge in [-0.05, 0) is 42.3 Å². The Kier molecular flexibility index (Phi) is 4.54. The fraction of sp³-hybridized carbons (Fsp3) is 0.263. The Morgan fingerprint density at radius 1 is 1.25 bits per heavy atom. The number of furan rings is 1. The van der Waals surface area contributed by atoms with Crippen LogP contribution in [0.15, 0.2) is 45.8 Å². The predicted octanol–water partition coefficient (Wildman–Crippen LogP) is 3.75. The number of H-pyrrole nitrogens is 1. The molecule has 3 aromatic rings. The summed E-state index contributed by atoms with van der Waals surface area (Å²) in [4.78, 5) is 21.3. The Morgan fingerprint density at radius 3 is 2.79 bits per heavy atom. The minimum Gasteiger partial charge on any atom is -0.461 e. The van der Waals surface area contributed by atoms with Crippen molar-refractivity contribution in [2.24, 2.45) is 0 Å². The van der Waals surface area contributed by atoms with Gasteiger partial charge in [0.2, 0.25) is 0 Å².